The van der Waals surface area contributed by atoms with Gasteiger partial charge >= 0.3 is 5.97 Å². The number of rotatable bonds is 5. The van der Waals surface area contributed by atoms with Gasteiger partial charge in [0.15, 0.2) is 0 Å². The van der Waals surface area contributed by atoms with E-state index in [1.165, 1.54) is 0 Å². The van der Waals surface area contributed by atoms with Crippen LogP contribution in [0.4, 0.5) is 0 Å². The molecule has 0 saturated carbocycles. The molecule has 0 aliphatic rings. The van der Waals surface area contributed by atoms with Crippen molar-refractivity contribution in [1.82, 2.24) is 0 Å². The van der Waals surface area contributed by atoms with E-state index in [4.69, 9.17) is 9.84 Å². The molecule has 0 amide bonds. The number of hydrogen-bond donors (Lipinski definition) is 1. The van der Waals surface area contributed by atoms with Crippen molar-refractivity contribution >= 4 is 21.9 Å². The number of benzene rings is 1. The highest BCUT2D eigenvalue weighted by Crippen LogP contribution is 2.27. The maximum Gasteiger partial charge on any atom is 0.303 e. The van der Waals surface area contributed by atoms with E-state index in [-0.39, 0.29) is 6.42 Å². The SMILES string of the molecule is COc1cccc(Br)c1CCCC(=O)O. The van der Waals surface area contributed by atoms with E-state index in [0.717, 1.165) is 15.8 Å². The smallest absolute Gasteiger partial charge is 0.303 e. The molecule has 3 nitrogen and oxygen atoms in total. The van der Waals surface area contributed by atoms with Crippen LogP contribution >= 0.6 is 15.9 Å². The molecule has 0 aliphatic heterocycles. The molecule has 0 heterocycles. The summed E-state index contributed by atoms with van der Waals surface area (Å²) < 4.78 is 6.17. The number of hydrogen-bond acceptors (Lipinski definition) is 2. The minimum atomic E-state index is -0.763. The van der Waals surface area contributed by atoms with Crippen LogP contribution in [0.5, 0.6) is 5.75 Å². The Morgan fingerprint density at radius 2 is 2.27 bits per heavy atom. The summed E-state index contributed by atoms with van der Waals surface area (Å²) in [5, 5.41) is 8.54. The van der Waals surface area contributed by atoms with Crippen molar-refractivity contribution in [1.29, 1.82) is 0 Å². The summed E-state index contributed by atoms with van der Waals surface area (Å²) in [6, 6.07) is 5.70. The van der Waals surface area contributed by atoms with E-state index in [9.17, 15) is 4.79 Å². The summed E-state index contributed by atoms with van der Waals surface area (Å²) in [7, 11) is 1.61. The van der Waals surface area contributed by atoms with Gasteiger partial charge in [0.1, 0.15) is 5.75 Å². The average Bonchev–Trinajstić information content (AvgIpc) is 2.20. The molecule has 1 aromatic rings. The molecule has 0 aromatic heterocycles. The van der Waals surface area contributed by atoms with Crippen molar-refractivity contribution in [3.05, 3.63) is 28.2 Å². The molecule has 1 N–H and O–H groups in total. The van der Waals surface area contributed by atoms with Gasteiger partial charge in [0.2, 0.25) is 0 Å². The van der Waals surface area contributed by atoms with Crippen LogP contribution in [-0.4, -0.2) is 18.2 Å². The Hall–Kier alpha value is -1.03. The Bertz CT molecular complexity index is 350. The standard InChI is InChI=1S/C11H13BrO3/c1-15-10-6-3-5-9(12)8(10)4-2-7-11(13)14/h3,5-6H,2,4,7H2,1H3,(H,13,14). The summed E-state index contributed by atoms with van der Waals surface area (Å²) >= 11 is 3.43. The Labute approximate surface area is 97.2 Å². The Morgan fingerprint density at radius 3 is 2.87 bits per heavy atom. The minimum Gasteiger partial charge on any atom is -0.496 e. The molecular formula is C11H13BrO3. The van der Waals surface area contributed by atoms with E-state index in [1.54, 1.807) is 7.11 Å². The van der Waals surface area contributed by atoms with Gasteiger partial charge in [-0.15, -0.1) is 0 Å². The highest BCUT2D eigenvalue weighted by atomic mass is 79.9. The topological polar surface area (TPSA) is 46.5 Å². The third-order valence-corrected chi connectivity index (χ3v) is 2.86. The Morgan fingerprint density at radius 1 is 1.53 bits per heavy atom. The number of ether oxygens (including phenoxy) is 1. The fourth-order valence-corrected chi connectivity index (χ4v) is 1.94. The van der Waals surface area contributed by atoms with Gasteiger partial charge in [0.05, 0.1) is 7.11 Å². The third-order valence-electron chi connectivity index (χ3n) is 2.11. The second-order valence-corrected chi connectivity index (χ2v) is 4.02. The molecule has 1 aromatic carbocycles. The number of methoxy groups -OCH3 is 1. The third kappa shape index (κ3) is 3.55. The molecule has 0 radical (unpaired) electrons. The molecule has 0 saturated heterocycles. The number of halogens is 1. The maximum absolute atomic E-state index is 10.4. The predicted molar refractivity (Wildman–Crippen MR) is 61.3 cm³/mol. The van der Waals surface area contributed by atoms with Crippen LogP contribution in [0.1, 0.15) is 18.4 Å². The summed E-state index contributed by atoms with van der Waals surface area (Å²) in [4.78, 5) is 10.4. The first kappa shape index (κ1) is 12.0. The monoisotopic (exact) mass is 272 g/mol. The lowest BCUT2D eigenvalue weighted by atomic mass is 10.1. The first-order chi connectivity index (χ1) is 7.15. The van der Waals surface area contributed by atoms with Crippen molar-refractivity contribution in [3.63, 3.8) is 0 Å². The van der Waals surface area contributed by atoms with E-state index in [1.807, 2.05) is 18.2 Å². The molecule has 0 atom stereocenters. The van der Waals surface area contributed by atoms with Gasteiger partial charge in [-0.3, -0.25) is 4.79 Å². The van der Waals surface area contributed by atoms with E-state index >= 15 is 0 Å². The lowest BCUT2D eigenvalue weighted by Gasteiger charge is -2.09. The summed E-state index contributed by atoms with van der Waals surface area (Å²) in [6.07, 6.45) is 1.51. The van der Waals surface area contributed by atoms with Crippen LogP contribution in [0.2, 0.25) is 0 Å². The molecule has 1 rings (SSSR count). The van der Waals surface area contributed by atoms with Crippen molar-refractivity contribution in [2.45, 2.75) is 19.3 Å². The second kappa shape index (κ2) is 5.75. The van der Waals surface area contributed by atoms with Gasteiger partial charge in [-0.1, -0.05) is 22.0 Å². The van der Waals surface area contributed by atoms with Gasteiger partial charge in [-0.25, -0.2) is 0 Å². The zero-order valence-electron chi connectivity index (χ0n) is 8.50. The first-order valence-electron chi connectivity index (χ1n) is 4.68. The number of aliphatic carboxylic acids is 1. The second-order valence-electron chi connectivity index (χ2n) is 3.17. The molecule has 15 heavy (non-hydrogen) atoms. The molecule has 4 heteroatoms. The summed E-state index contributed by atoms with van der Waals surface area (Å²) in [6.45, 7) is 0. The lowest BCUT2D eigenvalue weighted by molar-refractivity contribution is -0.137. The van der Waals surface area contributed by atoms with Crippen LogP contribution in [0, 0.1) is 0 Å². The Kier molecular flexibility index (Phi) is 4.62. The molecule has 0 aliphatic carbocycles. The molecule has 0 spiro atoms. The zero-order valence-corrected chi connectivity index (χ0v) is 10.1. The highest BCUT2D eigenvalue weighted by molar-refractivity contribution is 9.10. The number of carbonyl (C=O) groups is 1. The fraction of sp³-hybridized carbons (Fsp3) is 0.364. The molecular weight excluding hydrogens is 260 g/mol. The zero-order chi connectivity index (χ0) is 11.3. The van der Waals surface area contributed by atoms with Crippen molar-refractivity contribution in [2.24, 2.45) is 0 Å². The van der Waals surface area contributed by atoms with Gasteiger partial charge in [0, 0.05) is 16.5 Å². The van der Waals surface area contributed by atoms with Gasteiger partial charge in [-0.05, 0) is 25.0 Å². The largest absolute Gasteiger partial charge is 0.496 e. The van der Waals surface area contributed by atoms with E-state index in [2.05, 4.69) is 15.9 Å². The summed E-state index contributed by atoms with van der Waals surface area (Å²) in [5.41, 5.74) is 1.03. The molecule has 0 fully saturated rings. The van der Waals surface area contributed by atoms with Crippen LogP contribution < -0.4 is 4.74 Å². The highest BCUT2D eigenvalue weighted by Gasteiger charge is 2.07. The van der Waals surface area contributed by atoms with E-state index in [0.29, 0.717) is 12.8 Å². The predicted octanol–water partition coefficient (Wildman–Crippen LogP) is 2.87. The molecule has 82 valence electrons. The summed E-state index contributed by atoms with van der Waals surface area (Å²) in [5.74, 6) is 0.0378. The van der Waals surface area contributed by atoms with E-state index < -0.39 is 5.97 Å². The van der Waals surface area contributed by atoms with Crippen LogP contribution in [0.3, 0.4) is 0 Å². The van der Waals surface area contributed by atoms with Crippen molar-refractivity contribution < 1.29 is 14.6 Å². The van der Waals surface area contributed by atoms with Gasteiger partial charge in [0.25, 0.3) is 0 Å². The molecule has 0 bridgehead atoms. The fourth-order valence-electron chi connectivity index (χ4n) is 1.39. The average molecular weight is 273 g/mol. The minimum absolute atomic E-state index is 0.185. The number of carboxylic acids is 1. The van der Waals surface area contributed by atoms with Crippen molar-refractivity contribution in [2.75, 3.05) is 7.11 Å². The normalized spacial score (nSPS) is 10.0. The quantitative estimate of drug-likeness (QED) is 0.897. The maximum atomic E-state index is 10.4. The van der Waals surface area contributed by atoms with Gasteiger partial charge < -0.3 is 9.84 Å². The van der Waals surface area contributed by atoms with Crippen LogP contribution in [0.15, 0.2) is 22.7 Å². The number of carboxylic acid groups (broad SMARTS) is 1. The van der Waals surface area contributed by atoms with Gasteiger partial charge in [-0.2, -0.15) is 0 Å². The van der Waals surface area contributed by atoms with Crippen LogP contribution in [-0.2, 0) is 11.2 Å². The van der Waals surface area contributed by atoms with Crippen molar-refractivity contribution in [3.8, 4) is 5.75 Å². The lowest BCUT2D eigenvalue weighted by Crippen LogP contribution is -1.98. The molecule has 0 unspecified atom stereocenters. The Balaban J connectivity index is 2.70. The first-order valence-corrected chi connectivity index (χ1v) is 5.47. The van der Waals surface area contributed by atoms with Crippen LogP contribution in [0.25, 0.3) is 0 Å².